The van der Waals surface area contributed by atoms with Crippen LogP contribution in [0.15, 0.2) is 59.6 Å². The summed E-state index contributed by atoms with van der Waals surface area (Å²) in [6.45, 7) is 1.66. The third-order valence-electron chi connectivity index (χ3n) is 4.21. The van der Waals surface area contributed by atoms with E-state index in [1.165, 1.54) is 11.1 Å². The van der Waals surface area contributed by atoms with Crippen LogP contribution in [0.1, 0.15) is 17.5 Å². The van der Waals surface area contributed by atoms with E-state index in [1.807, 2.05) is 12.1 Å². The molecule has 1 aliphatic rings. The van der Waals surface area contributed by atoms with Crippen molar-refractivity contribution in [2.24, 2.45) is 4.99 Å². The zero-order chi connectivity index (χ0) is 16.6. The topological polar surface area (TPSA) is 45.7 Å². The second kappa shape index (κ2) is 8.39. The second-order valence-electron chi connectivity index (χ2n) is 6.02. The lowest BCUT2D eigenvalue weighted by Gasteiger charge is -2.15. The van der Waals surface area contributed by atoms with Crippen molar-refractivity contribution in [3.63, 3.8) is 0 Å². The second-order valence-corrected chi connectivity index (χ2v) is 6.02. The predicted molar refractivity (Wildman–Crippen MR) is 98.7 cm³/mol. The largest absolute Gasteiger partial charge is 0.488 e. The SMILES string of the molecule is CN=C(NCCCc1ccccc1)NCC1Cc2ccccc2O1. The van der Waals surface area contributed by atoms with E-state index in [4.69, 9.17) is 4.74 Å². The van der Waals surface area contributed by atoms with Gasteiger partial charge in [-0.05, 0) is 30.0 Å². The Morgan fingerprint density at radius 1 is 1.08 bits per heavy atom. The van der Waals surface area contributed by atoms with E-state index in [0.717, 1.165) is 44.1 Å². The zero-order valence-electron chi connectivity index (χ0n) is 14.2. The lowest BCUT2D eigenvalue weighted by atomic mass is 10.1. The van der Waals surface area contributed by atoms with Gasteiger partial charge >= 0.3 is 0 Å². The number of benzene rings is 2. The number of guanidine groups is 1. The van der Waals surface area contributed by atoms with Gasteiger partial charge in [0.05, 0.1) is 6.54 Å². The standard InChI is InChI=1S/C20H25N3O/c1-21-20(22-13-7-10-16-8-3-2-4-9-16)23-15-18-14-17-11-5-6-12-19(17)24-18/h2-6,8-9,11-12,18H,7,10,13-15H2,1H3,(H2,21,22,23). The fourth-order valence-electron chi connectivity index (χ4n) is 2.94. The van der Waals surface area contributed by atoms with Crippen molar-refractivity contribution < 1.29 is 4.74 Å². The number of aliphatic imine (C=N–C) groups is 1. The highest BCUT2D eigenvalue weighted by molar-refractivity contribution is 5.79. The average Bonchev–Trinajstić information content (AvgIpc) is 3.05. The predicted octanol–water partition coefficient (Wildman–Crippen LogP) is 2.79. The molecule has 1 aliphatic heterocycles. The van der Waals surface area contributed by atoms with Crippen molar-refractivity contribution in [3.05, 3.63) is 65.7 Å². The summed E-state index contributed by atoms with van der Waals surface area (Å²) in [5.74, 6) is 1.85. The van der Waals surface area contributed by atoms with E-state index in [0.29, 0.717) is 0 Å². The third-order valence-corrected chi connectivity index (χ3v) is 4.21. The van der Waals surface area contributed by atoms with E-state index < -0.39 is 0 Å². The number of rotatable bonds is 6. The van der Waals surface area contributed by atoms with Gasteiger partial charge in [-0.3, -0.25) is 4.99 Å². The lowest BCUT2D eigenvalue weighted by molar-refractivity contribution is 0.235. The monoisotopic (exact) mass is 323 g/mol. The van der Waals surface area contributed by atoms with Gasteiger partial charge in [-0.1, -0.05) is 48.5 Å². The first-order valence-corrected chi connectivity index (χ1v) is 8.58. The minimum absolute atomic E-state index is 0.172. The molecule has 3 rings (SSSR count). The van der Waals surface area contributed by atoms with Crippen molar-refractivity contribution in [1.82, 2.24) is 10.6 Å². The number of hydrogen-bond donors (Lipinski definition) is 2. The fourth-order valence-corrected chi connectivity index (χ4v) is 2.94. The molecule has 2 aromatic rings. The van der Waals surface area contributed by atoms with E-state index in [9.17, 15) is 0 Å². The fraction of sp³-hybridized carbons (Fsp3) is 0.350. The Morgan fingerprint density at radius 3 is 2.67 bits per heavy atom. The highest BCUT2D eigenvalue weighted by atomic mass is 16.5. The Balaban J connectivity index is 1.35. The van der Waals surface area contributed by atoms with Crippen LogP contribution >= 0.6 is 0 Å². The van der Waals surface area contributed by atoms with Crippen molar-refractivity contribution in [1.29, 1.82) is 0 Å². The summed E-state index contributed by atoms with van der Waals surface area (Å²) in [7, 11) is 1.80. The Kier molecular flexibility index (Phi) is 5.72. The first-order chi connectivity index (χ1) is 11.8. The summed E-state index contributed by atoms with van der Waals surface area (Å²) in [6.07, 6.45) is 3.28. The molecule has 0 spiro atoms. The molecule has 2 aromatic carbocycles. The highest BCUT2D eigenvalue weighted by Gasteiger charge is 2.22. The van der Waals surface area contributed by atoms with Crippen molar-refractivity contribution >= 4 is 5.96 Å². The van der Waals surface area contributed by atoms with E-state index in [-0.39, 0.29) is 6.10 Å². The molecule has 0 aliphatic carbocycles. The summed E-state index contributed by atoms with van der Waals surface area (Å²) < 4.78 is 5.94. The molecule has 1 heterocycles. The zero-order valence-corrected chi connectivity index (χ0v) is 14.2. The van der Waals surface area contributed by atoms with Crippen molar-refractivity contribution in [2.75, 3.05) is 20.1 Å². The molecule has 4 nitrogen and oxygen atoms in total. The van der Waals surface area contributed by atoms with Crippen LogP contribution in [-0.2, 0) is 12.8 Å². The molecule has 0 fully saturated rings. The molecule has 2 N–H and O–H groups in total. The number of aryl methyl sites for hydroxylation is 1. The number of hydrogen-bond acceptors (Lipinski definition) is 2. The average molecular weight is 323 g/mol. The summed E-state index contributed by atoms with van der Waals surface area (Å²) in [5, 5.41) is 6.73. The maximum atomic E-state index is 5.94. The van der Waals surface area contributed by atoms with Gasteiger partial charge in [0, 0.05) is 20.0 Å². The van der Waals surface area contributed by atoms with Crippen LogP contribution in [0.2, 0.25) is 0 Å². The summed E-state index contributed by atoms with van der Waals surface area (Å²) in [4.78, 5) is 4.28. The molecular weight excluding hydrogens is 298 g/mol. The van der Waals surface area contributed by atoms with Crippen LogP contribution in [0, 0.1) is 0 Å². The van der Waals surface area contributed by atoms with Gasteiger partial charge in [0.25, 0.3) is 0 Å². The van der Waals surface area contributed by atoms with Gasteiger partial charge < -0.3 is 15.4 Å². The maximum Gasteiger partial charge on any atom is 0.191 e. The molecule has 24 heavy (non-hydrogen) atoms. The van der Waals surface area contributed by atoms with Gasteiger partial charge in [-0.25, -0.2) is 0 Å². The maximum absolute atomic E-state index is 5.94. The molecule has 0 aromatic heterocycles. The number of fused-ring (bicyclic) bond motifs is 1. The van der Waals surface area contributed by atoms with Crippen molar-refractivity contribution in [2.45, 2.75) is 25.4 Å². The van der Waals surface area contributed by atoms with Crippen LogP contribution in [0.25, 0.3) is 0 Å². The van der Waals surface area contributed by atoms with Crippen LogP contribution in [-0.4, -0.2) is 32.2 Å². The Bertz CT molecular complexity index is 645. The molecule has 0 bridgehead atoms. The summed E-state index contributed by atoms with van der Waals surface area (Å²) in [6, 6.07) is 18.8. The van der Waals surface area contributed by atoms with Gasteiger partial charge in [0.15, 0.2) is 5.96 Å². The van der Waals surface area contributed by atoms with E-state index in [1.54, 1.807) is 7.05 Å². The molecule has 1 unspecified atom stereocenters. The molecule has 0 saturated carbocycles. The highest BCUT2D eigenvalue weighted by Crippen LogP contribution is 2.27. The van der Waals surface area contributed by atoms with Crippen molar-refractivity contribution in [3.8, 4) is 5.75 Å². The van der Waals surface area contributed by atoms with Crippen LogP contribution in [0.5, 0.6) is 5.75 Å². The van der Waals surface area contributed by atoms with Crippen LogP contribution < -0.4 is 15.4 Å². The molecule has 0 radical (unpaired) electrons. The molecule has 126 valence electrons. The molecule has 0 amide bonds. The minimum atomic E-state index is 0.172. The Labute approximate surface area is 144 Å². The molecule has 4 heteroatoms. The van der Waals surface area contributed by atoms with Gasteiger partial charge in [-0.2, -0.15) is 0 Å². The van der Waals surface area contributed by atoms with Crippen LogP contribution in [0.4, 0.5) is 0 Å². The summed E-state index contributed by atoms with van der Waals surface area (Å²) in [5.41, 5.74) is 2.66. The number of nitrogens with zero attached hydrogens (tertiary/aromatic N) is 1. The lowest BCUT2D eigenvalue weighted by Crippen LogP contribution is -2.42. The Hall–Kier alpha value is -2.49. The number of ether oxygens (including phenoxy) is 1. The third kappa shape index (κ3) is 4.51. The normalized spacial score (nSPS) is 16.4. The van der Waals surface area contributed by atoms with Gasteiger partial charge in [0.2, 0.25) is 0 Å². The molecular formula is C20H25N3O. The summed E-state index contributed by atoms with van der Waals surface area (Å²) >= 11 is 0. The van der Waals surface area contributed by atoms with E-state index >= 15 is 0 Å². The quantitative estimate of drug-likeness (QED) is 0.488. The number of para-hydroxylation sites is 1. The minimum Gasteiger partial charge on any atom is -0.488 e. The first-order valence-electron chi connectivity index (χ1n) is 8.58. The van der Waals surface area contributed by atoms with E-state index in [2.05, 4.69) is 58.1 Å². The van der Waals surface area contributed by atoms with Gasteiger partial charge in [-0.15, -0.1) is 0 Å². The van der Waals surface area contributed by atoms with Gasteiger partial charge in [0.1, 0.15) is 11.9 Å². The smallest absolute Gasteiger partial charge is 0.191 e. The Morgan fingerprint density at radius 2 is 1.88 bits per heavy atom. The first kappa shape index (κ1) is 16.4. The molecule has 1 atom stereocenters. The molecule has 0 saturated heterocycles. The number of nitrogens with one attached hydrogen (secondary N) is 2. The van der Waals surface area contributed by atoms with Crippen LogP contribution in [0.3, 0.4) is 0 Å².